The van der Waals surface area contributed by atoms with Crippen LogP contribution in [0.1, 0.15) is 27.9 Å². The maximum Gasteiger partial charge on any atom is 0.416 e. The van der Waals surface area contributed by atoms with Gasteiger partial charge in [0.1, 0.15) is 5.75 Å². The third-order valence-electron chi connectivity index (χ3n) is 3.29. The summed E-state index contributed by atoms with van der Waals surface area (Å²) < 4.78 is 42.9. The molecule has 0 radical (unpaired) electrons. The molecule has 0 aliphatic rings. The summed E-state index contributed by atoms with van der Waals surface area (Å²) in [4.78, 5) is 12.1. The van der Waals surface area contributed by atoms with E-state index in [1.807, 2.05) is 0 Å². The molecule has 0 fully saturated rings. The van der Waals surface area contributed by atoms with E-state index in [1.165, 1.54) is 13.2 Å². The zero-order valence-corrected chi connectivity index (χ0v) is 12.0. The van der Waals surface area contributed by atoms with Crippen LogP contribution in [0.15, 0.2) is 48.5 Å². The molecule has 5 heteroatoms. The summed E-state index contributed by atoms with van der Waals surface area (Å²) >= 11 is 0. The van der Waals surface area contributed by atoms with E-state index in [2.05, 4.69) is 0 Å². The third kappa shape index (κ3) is 4.10. The lowest BCUT2D eigenvalue weighted by Gasteiger charge is -2.08. The molecule has 116 valence electrons. The maximum atomic E-state index is 12.6. The average Bonchev–Trinajstić information content (AvgIpc) is 2.52. The lowest BCUT2D eigenvalue weighted by Crippen LogP contribution is -2.06. The molecule has 0 atom stereocenters. The maximum absolute atomic E-state index is 12.6. The summed E-state index contributed by atoms with van der Waals surface area (Å²) in [6.07, 6.45) is -3.96. The Kier molecular flexibility index (Phi) is 4.85. The first kappa shape index (κ1) is 16.1. The van der Waals surface area contributed by atoms with Crippen molar-refractivity contribution in [2.45, 2.75) is 19.0 Å². The van der Waals surface area contributed by atoms with Crippen LogP contribution in [0.2, 0.25) is 0 Å². The van der Waals surface area contributed by atoms with Crippen LogP contribution in [-0.2, 0) is 12.6 Å². The van der Waals surface area contributed by atoms with Crippen molar-refractivity contribution in [2.24, 2.45) is 0 Å². The van der Waals surface area contributed by atoms with Crippen molar-refractivity contribution < 1.29 is 22.7 Å². The van der Waals surface area contributed by atoms with E-state index >= 15 is 0 Å². The summed E-state index contributed by atoms with van der Waals surface area (Å²) in [5.41, 5.74) is 0.288. The number of carbonyl (C=O) groups excluding carboxylic acids is 1. The van der Waals surface area contributed by atoms with E-state index in [4.69, 9.17) is 4.74 Å². The van der Waals surface area contributed by atoms with Crippen molar-refractivity contribution in [3.8, 4) is 5.75 Å². The standard InChI is InChI=1S/C17H15F3O2/c1-22-15-7-3-5-13(11-15)16(21)9-8-12-4-2-6-14(10-12)17(18,19)20/h2-7,10-11H,8-9H2,1H3. The number of aryl methyl sites for hydroxylation is 1. The Morgan fingerprint density at radius 2 is 1.82 bits per heavy atom. The number of hydrogen-bond donors (Lipinski definition) is 0. The zero-order valence-electron chi connectivity index (χ0n) is 12.0. The molecule has 0 unspecified atom stereocenters. The third-order valence-corrected chi connectivity index (χ3v) is 3.29. The molecule has 0 saturated heterocycles. The second-order valence-corrected chi connectivity index (χ2v) is 4.85. The molecule has 0 spiro atoms. The minimum Gasteiger partial charge on any atom is -0.497 e. The molecule has 0 aromatic heterocycles. The second kappa shape index (κ2) is 6.64. The van der Waals surface area contributed by atoms with Crippen LogP contribution in [0.3, 0.4) is 0 Å². The number of methoxy groups -OCH3 is 1. The molecule has 2 nitrogen and oxygen atoms in total. The van der Waals surface area contributed by atoms with Crippen LogP contribution in [-0.4, -0.2) is 12.9 Å². The number of rotatable bonds is 5. The van der Waals surface area contributed by atoms with Gasteiger partial charge in [-0.3, -0.25) is 4.79 Å². The van der Waals surface area contributed by atoms with Gasteiger partial charge >= 0.3 is 6.18 Å². The molecular weight excluding hydrogens is 293 g/mol. The van der Waals surface area contributed by atoms with Crippen molar-refractivity contribution in [1.82, 2.24) is 0 Å². The molecule has 2 aromatic rings. The van der Waals surface area contributed by atoms with Gasteiger partial charge in [0.05, 0.1) is 12.7 Å². The summed E-state index contributed by atoms with van der Waals surface area (Å²) in [5, 5.41) is 0. The number of Topliss-reactive ketones (excluding diaryl/α,β-unsaturated/α-hetero) is 1. The molecular formula is C17H15F3O2. The van der Waals surface area contributed by atoms with Gasteiger partial charge < -0.3 is 4.74 Å². The first-order valence-corrected chi connectivity index (χ1v) is 6.73. The number of benzene rings is 2. The molecule has 0 aliphatic heterocycles. The first-order valence-electron chi connectivity index (χ1n) is 6.73. The number of hydrogen-bond acceptors (Lipinski definition) is 2. The summed E-state index contributed by atoms with van der Waals surface area (Å²) in [6, 6.07) is 11.8. The van der Waals surface area contributed by atoms with Crippen LogP contribution in [0, 0.1) is 0 Å². The highest BCUT2D eigenvalue weighted by molar-refractivity contribution is 5.96. The van der Waals surface area contributed by atoms with Gasteiger partial charge in [-0.15, -0.1) is 0 Å². The van der Waals surface area contributed by atoms with Gasteiger partial charge in [-0.25, -0.2) is 0 Å². The van der Waals surface area contributed by atoms with Gasteiger partial charge in [0, 0.05) is 12.0 Å². The van der Waals surface area contributed by atoms with Crippen LogP contribution in [0.4, 0.5) is 13.2 Å². The highest BCUT2D eigenvalue weighted by Gasteiger charge is 2.30. The van der Waals surface area contributed by atoms with E-state index in [-0.39, 0.29) is 18.6 Å². The van der Waals surface area contributed by atoms with Crippen molar-refractivity contribution in [1.29, 1.82) is 0 Å². The monoisotopic (exact) mass is 308 g/mol. The Morgan fingerprint density at radius 3 is 2.50 bits per heavy atom. The molecule has 0 N–H and O–H groups in total. The van der Waals surface area contributed by atoms with Crippen molar-refractivity contribution >= 4 is 5.78 Å². The van der Waals surface area contributed by atoms with E-state index in [1.54, 1.807) is 30.3 Å². The predicted octanol–water partition coefficient (Wildman–Crippen LogP) is 4.53. The average molecular weight is 308 g/mol. The number of carbonyl (C=O) groups is 1. The minimum atomic E-state index is -4.37. The van der Waals surface area contributed by atoms with E-state index < -0.39 is 11.7 Å². The largest absolute Gasteiger partial charge is 0.497 e. The SMILES string of the molecule is COc1cccc(C(=O)CCc2cccc(C(F)(F)F)c2)c1. The fourth-order valence-corrected chi connectivity index (χ4v) is 2.10. The van der Waals surface area contributed by atoms with Gasteiger partial charge in [0.25, 0.3) is 0 Å². The van der Waals surface area contributed by atoms with Gasteiger partial charge in [-0.2, -0.15) is 13.2 Å². The summed E-state index contributed by atoms with van der Waals surface area (Å²) in [6.45, 7) is 0. The molecule has 0 bridgehead atoms. The quantitative estimate of drug-likeness (QED) is 0.759. The zero-order chi connectivity index (χ0) is 16.2. The fraction of sp³-hybridized carbons (Fsp3) is 0.235. The highest BCUT2D eigenvalue weighted by atomic mass is 19.4. The second-order valence-electron chi connectivity index (χ2n) is 4.85. The number of halogens is 3. The lowest BCUT2D eigenvalue weighted by atomic mass is 10.0. The Morgan fingerprint density at radius 1 is 1.09 bits per heavy atom. The van der Waals surface area contributed by atoms with Crippen molar-refractivity contribution in [2.75, 3.05) is 7.11 Å². The Balaban J connectivity index is 2.05. The fourth-order valence-electron chi connectivity index (χ4n) is 2.10. The Bertz CT molecular complexity index is 663. The smallest absolute Gasteiger partial charge is 0.416 e. The molecule has 0 heterocycles. The number of ether oxygens (including phenoxy) is 1. The van der Waals surface area contributed by atoms with Crippen LogP contribution in [0.5, 0.6) is 5.75 Å². The molecule has 0 aliphatic carbocycles. The van der Waals surface area contributed by atoms with Crippen LogP contribution in [0.25, 0.3) is 0 Å². The topological polar surface area (TPSA) is 26.3 Å². The van der Waals surface area contributed by atoms with E-state index in [0.29, 0.717) is 16.9 Å². The number of alkyl halides is 3. The van der Waals surface area contributed by atoms with Crippen molar-refractivity contribution in [3.63, 3.8) is 0 Å². The molecule has 22 heavy (non-hydrogen) atoms. The Labute approximate surface area is 126 Å². The van der Waals surface area contributed by atoms with Gasteiger partial charge in [0.2, 0.25) is 0 Å². The van der Waals surface area contributed by atoms with Gasteiger partial charge in [-0.05, 0) is 30.2 Å². The summed E-state index contributed by atoms with van der Waals surface area (Å²) in [7, 11) is 1.51. The molecule has 0 saturated carbocycles. The van der Waals surface area contributed by atoms with E-state index in [9.17, 15) is 18.0 Å². The van der Waals surface area contributed by atoms with Gasteiger partial charge in [-0.1, -0.05) is 30.3 Å². The van der Waals surface area contributed by atoms with Crippen molar-refractivity contribution in [3.05, 3.63) is 65.2 Å². The first-order chi connectivity index (χ1) is 10.4. The van der Waals surface area contributed by atoms with Crippen LogP contribution >= 0.6 is 0 Å². The number of ketones is 1. The summed E-state index contributed by atoms with van der Waals surface area (Å²) in [5.74, 6) is 0.446. The highest BCUT2D eigenvalue weighted by Crippen LogP contribution is 2.29. The van der Waals surface area contributed by atoms with Gasteiger partial charge in [0.15, 0.2) is 5.78 Å². The lowest BCUT2D eigenvalue weighted by molar-refractivity contribution is -0.137. The normalized spacial score (nSPS) is 11.3. The molecule has 2 aromatic carbocycles. The molecule has 2 rings (SSSR count). The predicted molar refractivity (Wildman–Crippen MR) is 77.1 cm³/mol. The Hall–Kier alpha value is -2.30. The molecule has 0 amide bonds. The minimum absolute atomic E-state index is 0.128. The van der Waals surface area contributed by atoms with Crippen LogP contribution < -0.4 is 4.74 Å². The van der Waals surface area contributed by atoms with E-state index in [0.717, 1.165) is 12.1 Å².